The van der Waals surface area contributed by atoms with E-state index in [-0.39, 0.29) is 17.6 Å². The summed E-state index contributed by atoms with van der Waals surface area (Å²) in [6.07, 6.45) is 2.24. The average Bonchev–Trinajstić information content (AvgIpc) is 3.12. The van der Waals surface area contributed by atoms with Gasteiger partial charge in [0.05, 0.1) is 12.6 Å². The molecule has 1 unspecified atom stereocenters. The normalized spacial score (nSPS) is 21.4. The summed E-state index contributed by atoms with van der Waals surface area (Å²) in [7, 11) is 1.63. The molecular weight excluding hydrogens is 409 g/mol. The molecule has 0 radical (unpaired) electrons. The van der Waals surface area contributed by atoms with Crippen molar-refractivity contribution in [3.8, 4) is 5.75 Å². The third kappa shape index (κ3) is 5.46. The molecule has 0 aliphatic carbocycles. The molecule has 2 amide bonds. The lowest BCUT2D eigenvalue weighted by atomic mass is 9.97. The number of likely N-dealkylation sites (tertiary alicyclic amines) is 1. The van der Waals surface area contributed by atoms with E-state index >= 15 is 0 Å². The van der Waals surface area contributed by atoms with E-state index in [1.54, 1.807) is 13.2 Å². The van der Waals surface area contributed by atoms with Gasteiger partial charge in [-0.1, -0.05) is 24.3 Å². The number of rotatable bonds is 6. The predicted molar refractivity (Wildman–Crippen MR) is 120 cm³/mol. The number of halogens is 1. The molecule has 2 saturated heterocycles. The van der Waals surface area contributed by atoms with Crippen molar-refractivity contribution in [2.24, 2.45) is 0 Å². The lowest BCUT2D eigenvalue weighted by Crippen LogP contribution is -2.55. The number of nitrogens with zero attached hydrogens (tertiary/aromatic N) is 2. The minimum Gasteiger partial charge on any atom is -0.497 e. The SMILES string of the molecule is COc1ccc(CCC(=O)N2CCC3(CN(Cc4cccc(F)c4)CCC(=O)N3)C2)cc1. The average molecular weight is 440 g/mol. The second kappa shape index (κ2) is 9.69. The third-order valence-electron chi connectivity index (χ3n) is 6.37. The lowest BCUT2D eigenvalue weighted by Gasteiger charge is -2.33. The van der Waals surface area contributed by atoms with Crippen LogP contribution >= 0.6 is 0 Å². The summed E-state index contributed by atoms with van der Waals surface area (Å²) in [5.41, 5.74) is 1.54. The van der Waals surface area contributed by atoms with Crippen LogP contribution < -0.4 is 10.1 Å². The molecule has 2 fully saturated rings. The first-order chi connectivity index (χ1) is 15.4. The van der Waals surface area contributed by atoms with Gasteiger partial charge in [-0.25, -0.2) is 4.39 Å². The fourth-order valence-corrected chi connectivity index (χ4v) is 4.71. The van der Waals surface area contributed by atoms with Gasteiger partial charge in [0.25, 0.3) is 0 Å². The van der Waals surface area contributed by atoms with Crippen molar-refractivity contribution in [3.05, 3.63) is 65.5 Å². The molecule has 7 heteroatoms. The number of carbonyl (C=O) groups excluding carboxylic acids is 2. The Morgan fingerprint density at radius 3 is 2.69 bits per heavy atom. The molecule has 2 aliphatic heterocycles. The summed E-state index contributed by atoms with van der Waals surface area (Å²) in [4.78, 5) is 29.4. The Balaban J connectivity index is 1.37. The van der Waals surface area contributed by atoms with Crippen LogP contribution in [0.5, 0.6) is 5.75 Å². The molecule has 6 nitrogen and oxygen atoms in total. The zero-order chi connectivity index (χ0) is 22.6. The molecule has 2 aromatic rings. The fraction of sp³-hybridized carbons (Fsp3) is 0.440. The Morgan fingerprint density at radius 1 is 1.12 bits per heavy atom. The van der Waals surface area contributed by atoms with Gasteiger partial charge >= 0.3 is 0 Å². The van der Waals surface area contributed by atoms with Gasteiger partial charge in [0.15, 0.2) is 0 Å². The van der Waals surface area contributed by atoms with E-state index in [1.807, 2.05) is 35.2 Å². The molecule has 170 valence electrons. The molecule has 1 spiro atoms. The van der Waals surface area contributed by atoms with Crippen LogP contribution in [0.4, 0.5) is 4.39 Å². The van der Waals surface area contributed by atoms with Gasteiger partial charge < -0.3 is 15.0 Å². The van der Waals surface area contributed by atoms with Crippen LogP contribution in [-0.2, 0) is 22.6 Å². The highest BCUT2D eigenvalue weighted by molar-refractivity contribution is 5.79. The number of ether oxygens (including phenoxy) is 1. The molecule has 2 aliphatic rings. The highest BCUT2D eigenvalue weighted by Gasteiger charge is 2.43. The van der Waals surface area contributed by atoms with E-state index in [0.29, 0.717) is 52.0 Å². The van der Waals surface area contributed by atoms with E-state index in [0.717, 1.165) is 23.3 Å². The second-order valence-corrected chi connectivity index (χ2v) is 8.83. The van der Waals surface area contributed by atoms with E-state index in [4.69, 9.17) is 4.74 Å². The highest BCUT2D eigenvalue weighted by atomic mass is 19.1. The second-order valence-electron chi connectivity index (χ2n) is 8.83. The smallest absolute Gasteiger partial charge is 0.222 e. The Morgan fingerprint density at radius 2 is 1.94 bits per heavy atom. The van der Waals surface area contributed by atoms with E-state index in [1.165, 1.54) is 12.1 Å². The molecule has 0 saturated carbocycles. The maximum atomic E-state index is 13.6. The summed E-state index contributed by atoms with van der Waals surface area (Å²) in [6, 6.07) is 14.3. The van der Waals surface area contributed by atoms with Crippen molar-refractivity contribution in [1.82, 2.24) is 15.1 Å². The van der Waals surface area contributed by atoms with Gasteiger partial charge in [-0.15, -0.1) is 0 Å². The molecule has 0 aromatic heterocycles. The molecule has 2 heterocycles. The van der Waals surface area contributed by atoms with Gasteiger partial charge in [-0.05, 0) is 48.2 Å². The first-order valence-electron chi connectivity index (χ1n) is 11.1. The zero-order valence-corrected chi connectivity index (χ0v) is 18.5. The molecule has 1 atom stereocenters. The van der Waals surface area contributed by atoms with Crippen LogP contribution in [0.2, 0.25) is 0 Å². The quantitative estimate of drug-likeness (QED) is 0.752. The number of benzene rings is 2. The van der Waals surface area contributed by atoms with Crippen LogP contribution in [0.25, 0.3) is 0 Å². The molecule has 1 N–H and O–H groups in total. The highest BCUT2D eigenvalue weighted by Crippen LogP contribution is 2.27. The van der Waals surface area contributed by atoms with Gasteiger partial charge in [0.2, 0.25) is 11.8 Å². The number of carbonyl (C=O) groups is 2. The fourth-order valence-electron chi connectivity index (χ4n) is 4.71. The number of aryl methyl sites for hydroxylation is 1. The molecule has 2 aromatic carbocycles. The first kappa shape index (κ1) is 22.3. The van der Waals surface area contributed by atoms with Crippen molar-refractivity contribution in [3.63, 3.8) is 0 Å². The maximum absolute atomic E-state index is 13.6. The van der Waals surface area contributed by atoms with E-state index in [9.17, 15) is 14.0 Å². The monoisotopic (exact) mass is 439 g/mol. The van der Waals surface area contributed by atoms with Crippen molar-refractivity contribution < 1.29 is 18.7 Å². The minimum atomic E-state index is -0.448. The van der Waals surface area contributed by atoms with Crippen LogP contribution in [0, 0.1) is 5.82 Å². The lowest BCUT2D eigenvalue weighted by molar-refractivity contribution is -0.131. The van der Waals surface area contributed by atoms with Crippen molar-refractivity contribution in [1.29, 1.82) is 0 Å². The van der Waals surface area contributed by atoms with Crippen LogP contribution in [0.3, 0.4) is 0 Å². The Hall–Kier alpha value is -2.93. The van der Waals surface area contributed by atoms with Gasteiger partial charge in [0.1, 0.15) is 11.6 Å². The number of nitrogens with one attached hydrogen (secondary N) is 1. The van der Waals surface area contributed by atoms with Crippen LogP contribution in [0.1, 0.15) is 30.4 Å². The van der Waals surface area contributed by atoms with Crippen molar-refractivity contribution in [2.75, 3.05) is 33.3 Å². The summed E-state index contributed by atoms with van der Waals surface area (Å²) >= 11 is 0. The maximum Gasteiger partial charge on any atom is 0.222 e. The molecule has 0 bridgehead atoms. The predicted octanol–water partition coefficient (Wildman–Crippen LogP) is 2.76. The van der Waals surface area contributed by atoms with E-state index < -0.39 is 5.54 Å². The molecular formula is C25H30FN3O3. The number of amides is 2. The molecule has 4 rings (SSSR count). The van der Waals surface area contributed by atoms with Crippen molar-refractivity contribution in [2.45, 2.75) is 37.8 Å². The Kier molecular flexibility index (Phi) is 6.74. The summed E-state index contributed by atoms with van der Waals surface area (Å²) < 4.78 is 18.8. The number of hydrogen-bond acceptors (Lipinski definition) is 4. The standard InChI is InChI=1S/C25H30FN3O3/c1-32-22-8-5-19(6-9-22)7-10-24(31)29-14-12-25(18-29)17-28(13-11-23(30)27-25)16-20-3-2-4-21(26)15-20/h2-6,8-9,15H,7,10-14,16-18H2,1H3,(H,27,30). The Labute approximate surface area is 188 Å². The van der Waals surface area contributed by atoms with Gasteiger partial charge in [-0.2, -0.15) is 0 Å². The van der Waals surface area contributed by atoms with Gasteiger partial charge in [0, 0.05) is 45.6 Å². The molecule has 32 heavy (non-hydrogen) atoms. The first-order valence-corrected chi connectivity index (χ1v) is 11.1. The third-order valence-corrected chi connectivity index (χ3v) is 6.37. The van der Waals surface area contributed by atoms with Crippen LogP contribution in [0.15, 0.2) is 48.5 Å². The zero-order valence-electron chi connectivity index (χ0n) is 18.5. The van der Waals surface area contributed by atoms with Crippen LogP contribution in [-0.4, -0.2) is 60.4 Å². The summed E-state index contributed by atoms with van der Waals surface area (Å²) in [6.45, 7) is 3.00. The number of hydrogen-bond donors (Lipinski definition) is 1. The Bertz CT molecular complexity index is 965. The number of methoxy groups -OCH3 is 1. The summed E-state index contributed by atoms with van der Waals surface area (Å²) in [5.74, 6) is 0.663. The van der Waals surface area contributed by atoms with Gasteiger partial charge in [-0.3, -0.25) is 14.5 Å². The summed E-state index contributed by atoms with van der Waals surface area (Å²) in [5, 5.41) is 3.19. The van der Waals surface area contributed by atoms with Crippen molar-refractivity contribution >= 4 is 11.8 Å². The minimum absolute atomic E-state index is 0.0132. The topological polar surface area (TPSA) is 61.9 Å². The van der Waals surface area contributed by atoms with E-state index in [2.05, 4.69) is 10.2 Å². The largest absolute Gasteiger partial charge is 0.497 e.